The Bertz CT molecular complexity index is 677. The Morgan fingerprint density at radius 2 is 1.83 bits per heavy atom. The Kier molecular flexibility index (Phi) is 5.80. The third-order valence-corrected chi connectivity index (χ3v) is 3.00. The number of amides is 1. The monoisotopic (exact) mass is 311 g/mol. The van der Waals surface area contributed by atoms with Crippen LogP contribution >= 0.6 is 0 Å². The molecule has 2 aromatic rings. The van der Waals surface area contributed by atoms with E-state index in [4.69, 9.17) is 9.47 Å². The smallest absolute Gasteiger partial charge is 0.255 e. The van der Waals surface area contributed by atoms with Crippen molar-refractivity contribution in [1.82, 2.24) is 0 Å². The molecule has 0 heterocycles. The standard InChI is InChI=1S/C19H21NO3/c1-4-22-17-10-8-16(9-11-17)20-19(21)15-6-5-7-18(12-15)23-13-14(2)3/h5-12H,2,4,13H2,1,3H3,(H,20,21). The molecule has 0 atom stereocenters. The Morgan fingerprint density at radius 1 is 1.09 bits per heavy atom. The van der Waals surface area contributed by atoms with Gasteiger partial charge < -0.3 is 14.8 Å². The fourth-order valence-electron chi connectivity index (χ4n) is 1.94. The third kappa shape index (κ3) is 5.18. The van der Waals surface area contributed by atoms with Gasteiger partial charge in [-0.2, -0.15) is 0 Å². The first-order valence-corrected chi connectivity index (χ1v) is 7.50. The predicted molar refractivity (Wildman–Crippen MR) is 92.3 cm³/mol. The van der Waals surface area contributed by atoms with Gasteiger partial charge in [-0.3, -0.25) is 4.79 Å². The number of carbonyl (C=O) groups is 1. The van der Waals surface area contributed by atoms with Crippen LogP contribution in [0.3, 0.4) is 0 Å². The highest BCUT2D eigenvalue weighted by atomic mass is 16.5. The van der Waals surface area contributed by atoms with Crippen molar-refractivity contribution in [2.24, 2.45) is 0 Å². The van der Waals surface area contributed by atoms with Crippen LogP contribution in [0.1, 0.15) is 24.2 Å². The second-order valence-corrected chi connectivity index (χ2v) is 5.19. The maximum absolute atomic E-state index is 12.3. The van der Waals surface area contributed by atoms with E-state index < -0.39 is 0 Å². The van der Waals surface area contributed by atoms with Gasteiger partial charge in [0.25, 0.3) is 5.91 Å². The Morgan fingerprint density at radius 3 is 2.48 bits per heavy atom. The lowest BCUT2D eigenvalue weighted by atomic mass is 10.2. The van der Waals surface area contributed by atoms with Crippen LogP contribution in [0.4, 0.5) is 5.69 Å². The zero-order valence-electron chi connectivity index (χ0n) is 13.5. The lowest BCUT2D eigenvalue weighted by Crippen LogP contribution is -2.12. The Hall–Kier alpha value is -2.75. The number of nitrogens with one attached hydrogen (secondary N) is 1. The fraction of sp³-hybridized carbons (Fsp3) is 0.211. The molecular formula is C19H21NO3. The molecule has 0 bridgehead atoms. The molecule has 1 amide bonds. The van der Waals surface area contributed by atoms with Crippen molar-refractivity contribution in [3.63, 3.8) is 0 Å². The largest absolute Gasteiger partial charge is 0.494 e. The molecule has 23 heavy (non-hydrogen) atoms. The SMILES string of the molecule is C=C(C)COc1cccc(C(=O)Nc2ccc(OCC)cc2)c1. The van der Waals surface area contributed by atoms with E-state index in [0.717, 1.165) is 11.3 Å². The van der Waals surface area contributed by atoms with Gasteiger partial charge in [-0.1, -0.05) is 12.6 Å². The van der Waals surface area contributed by atoms with Crippen LogP contribution in [0, 0.1) is 0 Å². The van der Waals surface area contributed by atoms with Crippen LogP contribution in [-0.2, 0) is 0 Å². The average Bonchev–Trinajstić information content (AvgIpc) is 2.55. The first kappa shape index (κ1) is 16.6. The molecule has 2 aromatic carbocycles. The summed E-state index contributed by atoms with van der Waals surface area (Å²) in [5.41, 5.74) is 2.18. The van der Waals surface area contributed by atoms with Gasteiger partial charge in [0, 0.05) is 11.3 Å². The number of ether oxygens (including phenoxy) is 2. The molecule has 0 spiro atoms. The summed E-state index contributed by atoms with van der Waals surface area (Å²) in [6.07, 6.45) is 0. The molecule has 0 aliphatic carbocycles. The fourth-order valence-corrected chi connectivity index (χ4v) is 1.94. The van der Waals surface area contributed by atoms with Gasteiger partial charge in [-0.15, -0.1) is 0 Å². The molecule has 0 unspecified atom stereocenters. The van der Waals surface area contributed by atoms with Crippen LogP contribution in [0.5, 0.6) is 11.5 Å². The number of hydrogen-bond donors (Lipinski definition) is 1. The van der Waals surface area contributed by atoms with Crippen molar-refractivity contribution >= 4 is 11.6 Å². The van der Waals surface area contributed by atoms with E-state index in [9.17, 15) is 4.79 Å². The molecule has 120 valence electrons. The number of anilines is 1. The molecule has 4 heteroatoms. The minimum atomic E-state index is -0.185. The maximum Gasteiger partial charge on any atom is 0.255 e. The minimum absolute atomic E-state index is 0.185. The highest BCUT2D eigenvalue weighted by Gasteiger charge is 2.07. The molecule has 0 aromatic heterocycles. The van der Waals surface area contributed by atoms with Gasteiger partial charge >= 0.3 is 0 Å². The zero-order valence-corrected chi connectivity index (χ0v) is 13.5. The minimum Gasteiger partial charge on any atom is -0.494 e. The van der Waals surface area contributed by atoms with Crippen LogP contribution in [-0.4, -0.2) is 19.1 Å². The molecule has 4 nitrogen and oxygen atoms in total. The highest BCUT2D eigenvalue weighted by molar-refractivity contribution is 6.04. The van der Waals surface area contributed by atoms with Crippen molar-refractivity contribution in [3.05, 3.63) is 66.2 Å². The normalized spacial score (nSPS) is 10.0. The van der Waals surface area contributed by atoms with E-state index in [2.05, 4.69) is 11.9 Å². The van der Waals surface area contributed by atoms with Crippen molar-refractivity contribution in [2.45, 2.75) is 13.8 Å². The zero-order chi connectivity index (χ0) is 16.7. The van der Waals surface area contributed by atoms with E-state index in [0.29, 0.717) is 30.2 Å². The van der Waals surface area contributed by atoms with Crippen LogP contribution < -0.4 is 14.8 Å². The average molecular weight is 311 g/mol. The summed E-state index contributed by atoms with van der Waals surface area (Å²) in [6, 6.07) is 14.3. The van der Waals surface area contributed by atoms with Crippen molar-refractivity contribution in [1.29, 1.82) is 0 Å². The summed E-state index contributed by atoms with van der Waals surface area (Å²) in [5, 5.41) is 2.85. The molecule has 0 saturated carbocycles. The van der Waals surface area contributed by atoms with Crippen molar-refractivity contribution in [2.75, 3.05) is 18.5 Å². The molecule has 0 aliphatic rings. The van der Waals surface area contributed by atoms with Gasteiger partial charge in [-0.05, 0) is 61.9 Å². The van der Waals surface area contributed by atoms with E-state index in [1.807, 2.05) is 44.2 Å². The van der Waals surface area contributed by atoms with Crippen LogP contribution in [0.15, 0.2) is 60.7 Å². The summed E-state index contributed by atoms with van der Waals surface area (Å²) in [7, 11) is 0. The first-order valence-electron chi connectivity index (χ1n) is 7.50. The van der Waals surface area contributed by atoms with Crippen LogP contribution in [0.2, 0.25) is 0 Å². The van der Waals surface area contributed by atoms with Gasteiger partial charge in [-0.25, -0.2) is 0 Å². The van der Waals surface area contributed by atoms with E-state index in [1.165, 1.54) is 0 Å². The lowest BCUT2D eigenvalue weighted by molar-refractivity contribution is 0.102. The lowest BCUT2D eigenvalue weighted by Gasteiger charge is -2.09. The summed E-state index contributed by atoms with van der Waals surface area (Å²) in [5.74, 6) is 1.24. The van der Waals surface area contributed by atoms with Crippen LogP contribution in [0.25, 0.3) is 0 Å². The topological polar surface area (TPSA) is 47.6 Å². The number of rotatable bonds is 7. The molecule has 0 aliphatic heterocycles. The summed E-state index contributed by atoms with van der Waals surface area (Å²) >= 11 is 0. The second kappa shape index (κ2) is 8.03. The molecule has 0 radical (unpaired) electrons. The summed E-state index contributed by atoms with van der Waals surface area (Å²) < 4.78 is 10.9. The second-order valence-electron chi connectivity index (χ2n) is 5.19. The molecule has 1 N–H and O–H groups in total. The highest BCUT2D eigenvalue weighted by Crippen LogP contribution is 2.18. The Balaban J connectivity index is 2.02. The quantitative estimate of drug-likeness (QED) is 0.776. The van der Waals surface area contributed by atoms with E-state index in [1.54, 1.807) is 18.2 Å². The summed E-state index contributed by atoms with van der Waals surface area (Å²) in [6.45, 7) is 8.66. The van der Waals surface area contributed by atoms with Crippen molar-refractivity contribution in [3.8, 4) is 11.5 Å². The van der Waals surface area contributed by atoms with E-state index in [-0.39, 0.29) is 5.91 Å². The third-order valence-electron chi connectivity index (χ3n) is 3.00. The Labute approximate surface area is 136 Å². The molecule has 2 rings (SSSR count). The van der Waals surface area contributed by atoms with Gasteiger partial charge in [0.1, 0.15) is 18.1 Å². The molecular weight excluding hydrogens is 290 g/mol. The van der Waals surface area contributed by atoms with Gasteiger partial charge in [0.2, 0.25) is 0 Å². The number of hydrogen-bond acceptors (Lipinski definition) is 3. The molecule has 0 fully saturated rings. The summed E-state index contributed by atoms with van der Waals surface area (Å²) in [4.78, 5) is 12.3. The number of benzene rings is 2. The van der Waals surface area contributed by atoms with E-state index >= 15 is 0 Å². The maximum atomic E-state index is 12.3. The predicted octanol–water partition coefficient (Wildman–Crippen LogP) is 4.29. The number of carbonyl (C=O) groups excluding carboxylic acids is 1. The van der Waals surface area contributed by atoms with Gasteiger partial charge in [0.15, 0.2) is 0 Å². The van der Waals surface area contributed by atoms with Gasteiger partial charge in [0.05, 0.1) is 6.61 Å². The van der Waals surface area contributed by atoms with Crippen molar-refractivity contribution < 1.29 is 14.3 Å². The first-order chi connectivity index (χ1) is 11.1. The molecule has 0 saturated heterocycles.